The fourth-order valence-corrected chi connectivity index (χ4v) is 2.78. The van der Waals surface area contributed by atoms with E-state index in [1.165, 1.54) is 12.1 Å². The van der Waals surface area contributed by atoms with Gasteiger partial charge in [0.25, 0.3) is 0 Å². The number of phenolic OH excluding ortho intramolecular Hbond substituents is 1. The Morgan fingerprint density at radius 2 is 1.69 bits per heavy atom. The maximum absolute atomic E-state index is 12.3. The first-order valence-electron chi connectivity index (χ1n) is 9.98. The van der Waals surface area contributed by atoms with Crippen LogP contribution in [0.3, 0.4) is 0 Å². The quantitative estimate of drug-likeness (QED) is 0.315. The number of nitrogens with one attached hydrogen (secondary N) is 2. The Balaban J connectivity index is 2.54. The van der Waals surface area contributed by atoms with E-state index >= 15 is 0 Å². The minimum atomic E-state index is -1.24. The summed E-state index contributed by atoms with van der Waals surface area (Å²) in [6.45, 7) is 3.65. The van der Waals surface area contributed by atoms with Gasteiger partial charge in [-0.2, -0.15) is 0 Å². The summed E-state index contributed by atoms with van der Waals surface area (Å²) in [5.41, 5.74) is 0.612. The Kier molecular flexibility index (Phi) is 10.8. The highest BCUT2D eigenvalue weighted by Gasteiger charge is 2.26. The van der Waals surface area contributed by atoms with Crippen molar-refractivity contribution in [3.63, 3.8) is 0 Å². The second-order valence-electron chi connectivity index (χ2n) is 7.33. The Morgan fingerprint density at radius 3 is 2.24 bits per heavy atom. The molecule has 0 heterocycles. The van der Waals surface area contributed by atoms with Gasteiger partial charge in [0.15, 0.2) is 0 Å². The van der Waals surface area contributed by atoms with Crippen LogP contribution in [0.4, 0.5) is 0 Å². The van der Waals surface area contributed by atoms with Crippen LogP contribution in [0.2, 0.25) is 0 Å². The molecule has 3 atom stereocenters. The number of rotatable bonds is 13. The van der Waals surface area contributed by atoms with Crippen molar-refractivity contribution in [2.24, 2.45) is 5.92 Å². The predicted molar refractivity (Wildman–Crippen MR) is 108 cm³/mol. The fraction of sp³-hybridized carbons (Fsp3) is 0.571. The minimum absolute atomic E-state index is 0.00304. The van der Waals surface area contributed by atoms with Crippen molar-refractivity contribution in [1.82, 2.24) is 10.6 Å². The first kappa shape index (κ1) is 24.4. The third-order valence-corrected chi connectivity index (χ3v) is 4.87. The van der Waals surface area contributed by atoms with Gasteiger partial charge >= 0.3 is 5.97 Å². The van der Waals surface area contributed by atoms with Gasteiger partial charge in [-0.1, -0.05) is 45.2 Å². The normalized spacial score (nSPS) is 13.9. The molecular formula is C21H32N2O6. The van der Waals surface area contributed by atoms with E-state index in [2.05, 4.69) is 24.5 Å². The molecule has 8 heteroatoms. The predicted octanol–water partition coefficient (Wildman–Crippen LogP) is 1.59. The molecular weight excluding hydrogens is 376 g/mol. The number of unbranched alkanes of at least 4 members (excludes halogenated alkanes) is 1. The van der Waals surface area contributed by atoms with Crippen molar-refractivity contribution in [3.8, 4) is 5.75 Å². The first-order valence-corrected chi connectivity index (χ1v) is 9.98. The van der Waals surface area contributed by atoms with Gasteiger partial charge in [0.05, 0.1) is 6.61 Å². The number of carboxylic acid groups (broad SMARTS) is 1. The Hall–Kier alpha value is -2.61. The number of carbonyl (C=O) groups excluding carboxylic acids is 2. The van der Waals surface area contributed by atoms with Crippen molar-refractivity contribution in [2.75, 3.05) is 6.61 Å². The molecule has 0 aromatic heterocycles. The highest BCUT2D eigenvalue weighted by atomic mass is 16.4. The van der Waals surface area contributed by atoms with Gasteiger partial charge in [0.2, 0.25) is 11.8 Å². The molecule has 0 aliphatic rings. The van der Waals surface area contributed by atoms with E-state index in [1.807, 2.05) is 0 Å². The van der Waals surface area contributed by atoms with Crippen molar-refractivity contribution < 1.29 is 29.7 Å². The third-order valence-electron chi connectivity index (χ3n) is 4.87. The number of carboxylic acids is 1. The van der Waals surface area contributed by atoms with Crippen LogP contribution in [0.25, 0.3) is 0 Å². The molecule has 0 aliphatic carbocycles. The number of aromatic hydroxyl groups is 1. The summed E-state index contributed by atoms with van der Waals surface area (Å²) in [5, 5.41) is 32.9. The van der Waals surface area contributed by atoms with Gasteiger partial charge in [-0.05, 0) is 30.0 Å². The zero-order chi connectivity index (χ0) is 21.8. The molecule has 2 amide bonds. The van der Waals surface area contributed by atoms with Crippen LogP contribution in [-0.4, -0.2) is 51.8 Å². The lowest BCUT2D eigenvalue weighted by Crippen LogP contribution is -2.53. The molecule has 1 aromatic carbocycles. The van der Waals surface area contributed by atoms with Crippen LogP contribution in [0, 0.1) is 5.92 Å². The van der Waals surface area contributed by atoms with Crippen LogP contribution in [0.1, 0.15) is 51.5 Å². The molecule has 8 nitrogen and oxygen atoms in total. The van der Waals surface area contributed by atoms with E-state index < -0.39 is 30.6 Å². The number of aliphatic hydroxyl groups is 1. The number of hydrogen-bond acceptors (Lipinski definition) is 5. The molecule has 0 saturated carbocycles. The number of phenols is 1. The number of hydrogen-bond donors (Lipinski definition) is 5. The molecule has 1 rings (SSSR count). The van der Waals surface area contributed by atoms with Crippen LogP contribution in [0.5, 0.6) is 5.75 Å². The molecule has 0 fully saturated rings. The molecule has 5 N–H and O–H groups in total. The summed E-state index contributed by atoms with van der Waals surface area (Å²) in [6.07, 6.45) is 3.97. The molecule has 29 heavy (non-hydrogen) atoms. The zero-order valence-corrected chi connectivity index (χ0v) is 17.1. The third kappa shape index (κ3) is 9.43. The SMILES string of the molecule is CCC(C)CCCCC(=O)NC(CO)C(=O)NC(Cc1ccc(O)cc1)C(=O)O. The van der Waals surface area contributed by atoms with E-state index in [4.69, 9.17) is 0 Å². The molecule has 0 saturated heterocycles. The number of amides is 2. The standard InChI is InChI=1S/C21H32N2O6/c1-3-14(2)6-4-5-7-19(26)22-18(13-24)20(27)23-17(21(28)29)12-15-8-10-16(25)11-9-15/h8-11,14,17-18,24-25H,3-7,12-13H2,1-2H3,(H,22,26)(H,23,27)(H,28,29). The van der Waals surface area contributed by atoms with E-state index in [0.717, 1.165) is 19.3 Å². The van der Waals surface area contributed by atoms with Gasteiger partial charge in [0.1, 0.15) is 17.8 Å². The second-order valence-corrected chi connectivity index (χ2v) is 7.33. The summed E-state index contributed by atoms with van der Waals surface area (Å²) >= 11 is 0. The molecule has 162 valence electrons. The summed E-state index contributed by atoms with van der Waals surface area (Å²) in [7, 11) is 0. The smallest absolute Gasteiger partial charge is 0.326 e. The Morgan fingerprint density at radius 1 is 1.03 bits per heavy atom. The molecule has 0 radical (unpaired) electrons. The van der Waals surface area contributed by atoms with Crippen molar-refractivity contribution >= 4 is 17.8 Å². The topological polar surface area (TPSA) is 136 Å². The van der Waals surface area contributed by atoms with Crippen LogP contribution < -0.4 is 10.6 Å². The van der Waals surface area contributed by atoms with E-state index in [9.17, 15) is 29.7 Å². The monoisotopic (exact) mass is 408 g/mol. The first-order chi connectivity index (χ1) is 13.8. The van der Waals surface area contributed by atoms with E-state index in [0.29, 0.717) is 17.9 Å². The van der Waals surface area contributed by atoms with Crippen LogP contribution >= 0.6 is 0 Å². The number of aliphatic carboxylic acids is 1. The maximum Gasteiger partial charge on any atom is 0.326 e. The summed E-state index contributed by atoms with van der Waals surface area (Å²) in [6, 6.07) is 3.53. The molecule has 0 aliphatic heterocycles. The van der Waals surface area contributed by atoms with Crippen LogP contribution in [-0.2, 0) is 20.8 Å². The summed E-state index contributed by atoms with van der Waals surface area (Å²) in [5.74, 6) is -1.69. The minimum Gasteiger partial charge on any atom is -0.508 e. The van der Waals surface area contributed by atoms with Crippen molar-refractivity contribution in [2.45, 2.75) is 64.5 Å². The fourth-order valence-electron chi connectivity index (χ4n) is 2.78. The van der Waals surface area contributed by atoms with Gasteiger partial charge in [0, 0.05) is 12.8 Å². The molecule has 3 unspecified atom stereocenters. The molecule has 0 spiro atoms. The summed E-state index contributed by atoms with van der Waals surface area (Å²) in [4.78, 5) is 35.8. The Labute approximate surface area is 171 Å². The Bertz CT molecular complexity index is 662. The summed E-state index contributed by atoms with van der Waals surface area (Å²) < 4.78 is 0. The maximum atomic E-state index is 12.3. The second kappa shape index (κ2) is 12.8. The average Bonchev–Trinajstić information content (AvgIpc) is 2.69. The van der Waals surface area contributed by atoms with Gasteiger partial charge in [-0.3, -0.25) is 9.59 Å². The lowest BCUT2D eigenvalue weighted by atomic mass is 10.0. The van der Waals surface area contributed by atoms with E-state index in [1.54, 1.807) is 12.1 Å². The lowest BCUT2D eigenvalue weighted by Gasteiger charge is -2.20. The van der Waals surface area contributed by atoms with Gasteiger partial charge < -0.3 is 26.0 Å². The number of aliphatic hydroxyl groups excluding tert-OH is 1. The number of benzene rings is 1. The van der Waals surface area contributed by atoms with E-state index in [-0.39, 0.29) is 24.5 Å². The average molecular weight is 408 g/mol. The zero-order valence-electron chi connectivity index (χ0n) is 17.1. The van der Waals surface area contributed by atoms with Gasteiger partial charge in [-0.25, -0.2) is 4.79 Å². The van der Waals surface area contributed by atoms with Crippen molar-refractivity contribution in [1.29, 1.82) is 0 Å². The van der Waals surface area contributed by atoms with Crippen molar-refractivity contribution in [3.05, 3.63) is 29.8 Å². The highest BCUT2D eigenvalue weighted by molar-refractivity contribution is 5.90. The molecule has 1 aromatic rings. The lowest BCUT2D eigenvalue weighted by molar-refractivity contribution is -0.142. The highest BCUT2D eigenvalue weighted by Crippen LogP contribution is 2.13. The number of carbonyl (C=O) groups is 3. The van der Waals surface area contributed by atoms with Gasteiger partial charge in [-0.15, -0.1) is 0 Å². The molecule has 0 bridgehead atoms. The largest absolute Gasteiger partial charge is 0.508 e. The van der Waals surface area contributed by atoms with Crippen LogP contribution in [0.15, 0.2) is 24.3 Å².